The second-order valence-corrected chi connectivity index (χ2v) is 8.75. The van der Waals surface area contributed by atoms with Crippen LogP contribution in [0.2, 0.25) is 0 Å². The quantitative estimate of drug-likeness (QED) is 0.511. The van der Waals surface area contributed by atoms with Crippen LogP contribution >= 0.6 is 0 Å². The number of ether oxygens (including phenoxy) is 2. The lowest BCUT2D eigenvalue weighted by Gasteiger charge is -2.25. The number of carbonyl (C=O) groups is 1. The summed E-state index contributed by atoms with van der Waals surface area (Å²) in [4.78, 5) is 12.4. The van der Waals surface area contributed by atoms with Gasteiger partial charge in [0.25, 0.3) is 10.0 Å². The minimum Gasteiger partial charge on any atom is -0.493 e. The minimum absolute atomic E-state index is 0.0423. The topological polar surface area (TPSA) is 84.9 Å². The molecule has 0 saturated carbocycles. The van der Waals surface area contributed by atoms with Crippen molar-refractivity contribution in [2.24, 2.45) is 0 Å². The van der Waals surface area contributed by atoms with Gasteiger partial charge in [0.2, 0.25) is 5.91 Å². The Labute approximate surface area is 190 Å². The lowest BCUT2D eigenvalue weighted by atomic mass is 10.2. The molecule has 0 bridgehead atoms. The number of hydrogen-bond acceptors (Lipinski definition) is 5. The number of nitrogens with one attached hydrogen (secondary N) is 1. The van der Waals surface area contributed by atoms with Crippen molar-refractivity contribution in [1.82, 2.24) is 5.32 Å². The highest BCUT2D eigenvalue weighted by Gasteiger charge is 2.30. The zero-order chi connectivity index (χ0) is 24.0. The molecular weight excluding hydrogens is 454 g/mol. The Kier molecular flexibility index (Phi) is 7.49. The number of methoxy groups -OCH3 is 2. The molecule has 3 rings (SSSR count). The van der Waals surface area contributed by atoms with Gasteiger partial charge in [0.05, 0.1) is 24.8 Å². The molecule has 174 valence electrons. The molecule has 0 atom stereocenters. The van der Waals surface area contributed by atoms with Crippen LogP contribution in [0.1, 0.15) is 5.56 Å². The standard InChI is InChI=1S/C23H22F2N2O5S/c1-31-21-12-11-18(13-22(21)32-2)33(29,30)27(20-6-4-3-5-19(20)25)15-23(28)26-14-16-7-9-17(24)10-8-16/h3-13H,14-15H2,1-2H3,(H,26,28). The van der Waals surface area contributed by atoms with Crippen molar-refractivity contribution in [2.75, 3.05) is 25.1 Å². The molecule has 3 aromatic carbocycles. The number of halogens is 2. The fourth-order valence-electron chi connectivity index (χ4n) is 3.05. The number of anilines is 1. The second-order valence-electron chi connectivity index (χ2n) is 6.88. The average Bonchev–Trinajstić information content (AvgIpc) is 2.82. The summed E-state index contributed by atoms with van der Waals surface area (Å²) >= 11 is 0. The monoisotopic (exact) mass is 476 g/mol. The Morgan fingerprint density at radius 3 is 2.24 bits per heavy atom. The van der Waals surface area contributed by atoms with E-state index in [9.17, 15) is 22.0 Å². The third-order valence-electron chi connectivity index (χ3n) is 4.75. The molecule has 10 heteroatoms. The molecule has 0 spiro atoms. The van der Waals surface area contributed by atoms with Crippen molar-refractivity contribution >= 4 is 21.6 Å². The van der Waals surface area contributed by atoms with Gasteiger partial charge in [-0.25, -0.2) is 17.2 Å². The predicted octanol–water partition coefficient (Wildman–Crippen LogP) is 3.49. The minimum atomic E-state index is -4.37. The molecule has 0 unspecified atom stereocenters. The normalized spacial score (nSPS) is 11.0. The summed E-state index contributed by atoms with van der Waals surface area (Å²) in [7, 11) is -1.61. The zero-order valence-electron chi connectivity index (χ0n) is 17.9. The molecule has 0 fully saturated rings. The van der Waals surface area contributed by atoms with E-state index in [0.717, 1.165) is 6.07 Å². The molecule has 1 N–H and O–H groups in total. The predicted molar refractivity (Wildman–Crippen MR) is 119 cm³/mol. The van der Waals surface area contributed by atoms with E-state index in [1.807, 2.05) is 0 Å². The van der Waals surface area contributed by atoms with Crippen molar-refractivity contribution in [3.63, 3.8) is 0 Å². The van der Waals surface area contributed by atoms with Crippen LogP contribution in [-0.2, 0) is 21.4 Å². The van der Waals surface area contributed by atoms with Gasteiger partial charge in [0.1, 0.15) is 18.2 Å². The van der Waals surface area contributed by atoms with Crippen LogP contribution in [0.15, 0.2) is 71.6 Å². The third kappa shape index (κ3) is 5.58. The van der Waals surface area contributed by atoms with Crippen LogP contribution in [-0.4, -0.2) is 35.1 Å². The van der Waals surface area contributed by atoms with Gasteiger partial charge in [-0.3, -0.25) is 9.10 Å². The number of hydrogen-bond donors (Lipinski definition) is 1. The molecule has 0 aromatic heterocycles. The van der Waals surface area contributed by atoms with E-state index >= 15 is 0 Å². The molecule has 3 aromatic rings. The second kappa shape index (κ2) is 10.3. The van der Waals surface area contributed by atoms with Crippen LogP contribution in [0.5, 0.6) is 11.5 Å². The summed E-state index contributed by atoms with van der Waals surface area (Å²) in [6.45, 7) is -0.639. The van der Waals surface area contributed by atoms with Gasteiger partial charge in [0, 0.05) is 12.6 Å². The van der Waals surface area contributed by atoms with Crippen molar-refractivity contribution in [3.8, 4) is 11.5 Å². The fraction of sp³-hybridized carbons (Fsp3) is 0.174. The number of amides is 1. The fourth-order valence-corrected chi connectivity index (χ4v) is 4.49. The molecule has 0 aliphatic carbocycles. The van der Waals surface area contributed by atoms with Crippen molar-refractivity contribution in [2.45, 2.75) is 11.4 Å². The van der Waals surface area contributed by atoms with Gasteiger partial charge in [-0.2, -0.15) is 0 Å². The first-order valence-electron chi connectivity index (χ1n) is 9.76. The summed E-state index contributed by atoms with van der Waals surface area (Å²) < 4.78 is 65.5. The largest absolute Gasteiger partial charge is 0.493 e. The number of rotatable bonds is 9. The van der Waals surface area contributed by atoms with Crippen molar-refractivity contribution in [3.05, 3.63) is 83.9 Å². The van der Waals surface area contributed by atoms with Crippen molar-refractivity contribution < 1.29 is 31.5 Å². The molecular formula is C23H22F2N2O5S. The Balaban J connectivity index is 1.92. The van der Waals surface area contributed by atoms with Crippen LogP contribution in [0, 0.1) is 11.6 Å². The molecule has 0 aliphatic heterocycles. The maximum absolute atomic E-state index is 14.6. The summed E-state index contributed by atoms with van der Waals surface area (Å²) in [6, 6.07) is 14.6. The summed E-state index contributed by atoms with van der Waals surface area (Å²) in [5.41, 5.74) is 0.328. The molecule has 1 amide bonds. The third-order valence-corrected chi connectivity index (χ3v) is 6.51. The van der Waals surface area contributed by atoms with Gasteiger partial charge >= 0.3 is 0 Å². The maximum atomic E-state index is 14.6. The van der Waals surface area contributed by atoms with Gasteiger partial charge in [0.15, 0.2) is 11.5 Å². The van der Waals surface area contributed by atoms with Crippen LogP contribution in [0.4, 0.5) is 14.5 Å². The average molecular weight is 477 g/mol. The first-order valence-corrected chi connectivity index (χ1v) is 11.2. The van der Waals surface area contributed by atoms with E-state index < -0.39 is 34.1 Å². The van der Waals surface area contributed by atoms with Gasteiger partial charge in [-0.1, -0.05) is 24.3 Å². The zero-order valence-corrected chi connectivity index (χ0v) is 18.7. The lowest BCUT2D eigenvalue weighted by Crippen LogP contribution is -2.41. The smallest absolute Gasteiger partial charge is 0.265 e. The maximum Gasteiger partial charge on any atom is 0.265 e. The number of sulfonamides is 1. The van der Waals surface area contributed by atoms with Crippen molar-refractivity contribution in [1.29, 1.82) is 0 Å². The van der Waals surface area contributed by atoms with E-state index in [4.69, 9.17) is 9.47 Å². The van der Waals surface area contributed by atoms with Gasteiger partial charge < -0.3 is 14.8 Å². The Bertz CT molecular complexity index is 1230. The first kappa shape index (κ1) is 24.0. The molecule has 33 heavy (non-hydrogen) atoms. The molecule has 7 nitrogen and oxygen atoms in total. The highest BCUT2D eigenvalue weighted by Crippen LogP contribution is 2.32. The molecule has 0 heterocycles. The van der Waals surface area contributed by atoms with Gasteiger partial charge in [-0.15, -0.1) is 0 Å². The van der Waals surface area contributed by atoms with Crippen LogP contribution in [0.3, 0.4) is 0 Å². The Hall–Kier alpha value is -3.66. The van der Waals surface area contributed by atoms with E-state index in [1.165, 1.54) is 74.9 Å². The highest BCUT2D eigenvalue weighted by molar-refractivity contribution is 7.92. The van der Waals surface area contributed by atoms with Crippen LogP contribution in [0.25, 0.3) is 0 Å². The number of nitrogens with zero attached hydrogens (tertiary/aromatic N) is 1. The van der Waals surface area contributed by atoms with E-state index in [-0.39, 0.29) is 22.9 Å². The Morgan fingerprint density at radius 2 is 1.61 bits per heavy atom. The number of benzene rings is 3. The summed E-state index contributed by atoms with van der Waals surface area (Å²) in [5.74, 6) is -1.44. The molecule has 0 aliphatic rings. The molecule has 0 radical (unpaired) electrons. The highest BCUT2D eigenvalue weighted by atomic mass is 32.2. The summed E-state index contributed by atoms with van der Waals surface area (Å²) in [5, 5.41) is 2.57. The van der Waals surface area contributed by atoms with Crippen LogP contribution < -0.4 is 19.1 Å². The van der Waals surface area contributed by atoms with E-state index in [1.54, 1.807) is 0 Å². The number of para-hydroxylation sites is 1. The lowest BCUT2D eigenvalue weighted by molar-refractivity contribution is -0.119. The van der Waals surface area contributed by atoms with E-state index in [2.05, 4.69) is 5.32 Å². The van der Waals surface area contributed by atoms with E-state index in [0.29, 0.717) is 15.6 Å². The number of carbonyl (C=O) groups excluding carboxylic acids is 1. The Morgan fingerprint density at radius 1 is 0.939 bits per heavy atom. The van der Waals surface area contributed by atoms with Gasteiger partial charge in [-0.05, 0) is 42.0 Å². The summed E-state index contributed by atoms with van der Waals surface area (Å²) in [6.07, 6.45) is 0. The SMILES string of the molecule is COc1ccc(S(=O)(=O)N(CC(=O)NCc2ccc(F)cc2)c2ccccc2F)cc1OC. The molecule has 0 saturated heterocycles. The first-order chi connectivity index (χ1) is 15.8.